The van der Waals surface area contributed by atoms with Crippen molar-refractivity contribution in [2.45, 2.75) is 13.5 Å². The van der Waals surface area contributed by atoms with E-state index in [-0.39, 0.29) is 5.91 Å². The Morgan fingerprint density at radius 1 is 1.47 bits per heavy atom. The van der Waals surface area contributed by atoms with Gasteiger partial charge in [0.1, 0.15) is 6.33 Å². The molecule has 1 amide bonds. The Labute approximate surface area is 110 Å². The van der Waals surface area contributed by atoms with Crippen LogP contribution in [0.4, 0.5) is 5.69 Å². The van der Waals surface area contributed by atoms with Crippen LogP contribution in [-0.2, 0) is 13.6 Å². The summed E-state index contributed by atoms with van der Waals surface area (Å²) in [4.78, 5) is 12.1. The maximum absolute atomic E-state index is 12.1. The molecule has 0 saturated heterocycles. The normalized spacial score (nSPS) is 10.3. The number of nitrogen functional groups attached to an aromatic ring is 1. The smallest absolute Gasteiger partial charge is 0.251 e. The van der Waals surface area contributed by atoms with Gasteiger partial charge in [0.15, 0.2) is 5.82 Å². The number of nitrogens with one attached hydrogen (secondary N) is 2. The SMILES string of the molecule is Cc1cc(NN)ccc1C(=O)NCc1nncn1C. The Morgan fingerprint density at radius 2 is 2.26 bits per heavy atom. The van der Waals surface area contributed by atoms with E-state index in [4.69, 9.17) is 5.84 Å². The molecule has 7 heteroatoms. The Hall–Kier alpha value is -2.41. The summed E-state index contributed by atoms with van der Waals surface area (Å²) < 4.78 is 1.76. The highest BCUT2D eigenvalue weighted by Crippen LogP contribution is 2.14. The number of aromatic nitrogens is 3. The van der Waals surface area contributed by atoms with Gasteiger partial charge in [0.2, 0.25) is 0 Å². The molecular weight excluding hydrogens is 244 g/mol. The summed E-state index contributed by atoms with van der Waals surface area (Å²) in [6.07, 6.45) is 1.59. The van der Waals surface area contributed by atoms with Crippen LogP contribution in [0.1, 0.15) is 21.7 Å². The van der Waals surface area contributed by atoms with E-state index in [1.54, 1.807) is 23.0 Å². The number of carbonyl (C=O) groups is 1. The van der Waals surface area contributed by atoms with Crippen LogP contribution in [0.15, 0.2) is 24.5 Å². The Bertz CT molecular complexity index is 592. The van der Waals surface area contributed by atoms with Crippen molar-refractivity contribution >= 4 is 11.6 Å². The summed E-state index contributed by atoms with van der Waals surface area (Å²) in [5.41, 5.74) is 4.77. The predicted octanol–water partition coefficient (Wildman–Crippen LogP) is 0.339. The molecule has 1 aromatic heterocycles. The molecule has 0 unspecified atom stereocenters. The molecule has 0 atom stereocenters. The van der Waals surface area contributed by atoms with Crippen LogP contribution in [0.25, 0.3) is 0 Å². The zero-order valence-corrected chi connectivity index (χ0v) is 10.8. The molecular formula is C12H16N6O. The minimum Gasteiger partial charge on any atom is -0.345 e. The summed E-state index contributed by atoms with van der Waals surface area (Å²) in [6, 6.07) is 5.30. The molecule has 0 fully saturated rings. The lowest BCUT2D eigenvalue weighted by Gasteiger charge is -2.09. The zero-order chi connectivity index (χ0) is 13.8. The average molecular weight is 260 g/mol. The minimum atomic E-state index is -0.149. The second-order valence-corrected chi connectivity index (χ2v) is 4.21. The number of anilines is 1. The largest absolute Gasteiger partial charge is 0.345 e. The third-order valence-electron chi connectivity index (χ3n) is 2.85. The van der Waals surface area contributed by atoms with Crippen LogP contribution < -0.4 is 16.6 Å². The van der Waals surface area contributed by atoms with Crippen molar-refractivity contribution in [3.8, 4) is 0 Å². The quantitative estimate of drug-likeness (QED) is 0.544. The highest BCUT2D eigenvalue weighted by molar-refractivity contribution is 5.95. The van der Waals surface area contributed by atoms with Crippen molar-refractivity contribution in [1.29, 1.82) is 0 Å². The first kappa shape index (κ1) is 13.0. The molecule has 0 aliphatic heterocycles. The molecule has 19 heavy (non-hydrogen) atoms. The fourth-order valence-corrected chi connectivity index (χ4v) is 1.73. The second kappa shape index (κ2) is 5.49. The first-order valence-electron chi connectivity index (χ1n) is 5.80. The van der Waals surface area contributed by atoms with Gasteiger partial charge in [0, 0.05) is 18.3 Å². The third kappa shape index (κ3) is 2.89. The number of hydrazine groups is 1. The van der Waals surface area contributed by atoms with Gasteiger partial charge in [-0.25, -0.2) is 0 Å². The number of rotatable bonds is 4. The van der Waals surface area contributed by atoms with Gasteiger partial charge >= 0.3 is 0 Å². The minimum absolute atomic E-state index is 0.149. The highest BCUT2D eigenvalue weighted by Gasteiger charge is 2.10. The van der Waals surface area contributed by atoms with Crippen molar-refractivity contribution in [1.82, 2.24) is 20.1 Å². The lowest BCUT2D eigenvalue weighted by atomic mass is 10.1. The summed E-state index contributed by atoms with van der Waals surface area (Å²) in [5.74, 6) is 5.87. The summed E-state index contributed by atoms with van der Waals surface area (Å²) in [5, 5.41) is 10.5. The molecule has 1 aromatic carbocycles. The van der Waals surface area contributed by atoms with Crippen LogP contribution >= 0.6 is 0 Å². The van der Waals surface area contributed by atoms with Crippen molar-refractivity contribution in [3.63, 3.8) is 0 Å². The molecule has 1 heterocycles. The van der Waals surface area contributed by atoms with Crippen LogP contribution in [-0.4, -0.2) is 20.7 Å². The van der Waals surface area contributed by atoms with Gasteiger partial charge in [-0.05, 0) is 30.7 Å². The number of aryl methyl sites for hydroxylation is 2. The Morgan fingerprint density at radius 3 is 2.84 bits per heavy atom. The van der Waals surface area contributed by atoms with Gasteiger partial charge in [-0.3, -0.25) is 10.6 Å². The van der Waals surface area contributed by atoms with Gasteiger partial charge in [0.05, 0.1) is 6.54 Å². The number of hydrogen-bond donors (Lipinski definition) is 3. The topological polar surface area (TPSA) is 97.9 Å². The maximum Gasteiger partial charge on any atom is 0.251 e. The number of nitrogens with two attached hydrogens (primary N) is 1. The molecule has 7 nitrogen and oxygen atoms in total. The number of hydrogen-bond acceptors (Lipinski definition) is 5. The van der Waals surface area contributed by atoms with Crippen LogP contribution in [0, 0.1) is 6.92 Å². The van der Waals surface area contributed by atoms with Crippen molar-refractivity contribution in [3.05, 3.63) is 41.5 Å². The molecule has 100 valence electrons. The number of carbonyl (C=O) groups excluding carboxylic acids is 1. The van der Waals surface area contributed by atoms with Gasteiger partial charge in [-0.1, -0.05) is 0 Å². The predicted molar refractivity (Wildman–Crippen MR) is 71.2 cm³/mol. The molecule has 0 saturated carbocycles. The molecule has 0 spiro atoms. The monoisotopic (exact) mass is 260 g/mol. The van der Waals surface area contributed by atoms with E-state index in [1.807, 2.05) is 20.0 Å². The number of amides is 1. The average Bonchev–Trinajstić information content (AvgIpc) is 2.81. The summed E-state index contributed by atoms with van der Waals surface area (Å²) in [7, 11) is 1.83. The molecule has 4 N–H and O–H groups in total. The maximum atomic E-state index is 12.1. The van der Waals surface area contributed by atoms with Gasteiger partial charge in [-0.2, -0.15) is 0 Å². The molecule has 2 rings (SSSR count). The molecule has 2 aromatic rings. The fourth-order valence-electron chi connectivity index (χ4n) is 1.73. The van der Waals surface area contributed by atoms with Gasteiger partial charge in [-0.15, -0.1) is 10.2 Å². The van der Waals surface area contributed by atoms with E-state index in [2.05, 4.69) is 20.9 Å². The third-order valence-corrected chi connectivity index (χ3v) is 2.85. The Balaban J connectivity index is 2.06. The van der Waals surface area contributed by atoms with E-state index >= 15 is 0 Å². The fraction of sp³-hybridized carbons (Fsp3) is 0.250. The van der Waals surface area contributed by atoms with E-state index in [0.29, 0.717) is 17.9 Å². The van der Waals surface area contributed by atoms with Crippen molar-refractivity contribution in [2.75, 3.05) is 5.43 Å². The zero-order valence-electron chi connectivity index (χ0n) is 10.8. The van der Waals surface area contributed by atoms with E-state index in [0.717, 1.165) is 11.3 Å². The first-order chi connectivity index (χ1) is 9.11. The van der Waals surface area contributed by atoms with E-state index in [1.165, 1.54) is 0 Å². The standard InChI is InChI=1S/C12H16N6O/c1-8-5-9(16-13)3-4-10(8)12(19)14-6-11-17-15-7-18(11)2/h3-5,7,16H,6,13H2,1-2H3,(H,14,19). The second-order valence-electron chi connectivity index (χ2n) is 4.21. The van der Waals surface area contributed by atoms with Gasteiger partial charge in [0.25, 0.3) is 5.91 Å². The summed E-state index contributed by atoms with van der Waals surface area (Å²) >= 11 is 0. The molecule has 0 aliphatic rings. The van der Waals surface area contributed by atoms with Crippen LogP contribution in [0.3, 0.4) is 0 Å². The lowest BCUT2D eigenvalue weighted by Crippen LogP contribution is -2.25. The van der Waals surface area contributed by atoms with Crippen molar-refractivity contribution in [2.24, 2.45) is 12.9 Å². The van der Waals surface area contributed by atoms with Crippen molar-refractivity contribution < 1.29 is 4.79 Å². The summed E-state index contributed by atoms with van der Waals surface area (Å²) in [6.45, 7) is 2.20. The number of benzene rings is 1. The molecule has 0 aliphatic carbocycles. The molecule has 0 bridgehead atoms. The first-order valence-corrected chi connectivity index (χ1v) is 5.80. The van der Waals surface area contributed by atoms with Gasteiger partial charge < -0.3 is 15.3 Å². The number of nitrogens with zero attached hydrogens (tertiary/aromatic N) is 3. The Kier molecular flexibility index (Phi) is 3.76. The molecule has 0 radical (unpaired) electrons. The van der Waals surface area contributed by atoms with Crippen LogP contribution in [0.5, 0.6) is 0 Å². The lowest BCUT2D eigenvalue weighted by molar-refractivity contribution is 0.0949. The van der Waals surface area contributed by atoms with Crippen LogP contribution in [0.2, 0.25) is 0 Å². The van der Waals surface area contributed by atoms with E-state index in [9.17, 15) is 4.79 Å². The van der Waals surface area contributed by atoms with E-state index < -0.39 is 0 Å². The highest BCUT2D eigenvalue weighted by atomic mass is 16.1.